The molecule has 3 rings (SSSR count). The fourth-order valence-electron chi connectivity index (χ4n) is 2.14. The Labute approximate surface area is 110 Å². The van der Waals surface area contributed by atoms with E-state index in [1.165, 1.54) is 0 Å². The highest BCUT2D eigenvalue weighted by atomic mass is 16.5. The summed E-state index contributed by atoms with van der Waals surface area (Å²) in [6, 6.07) is 3.69. The van der Waals surface area contributed by atoms with Crippen molar-refractivity contribution in [3.05, 3.63) is 24.2 Å². The van der Waals surface area contributed by atoms with Crippen molar-refractivity contribution in [2.75, 3.05) is 11.9 Å². The molecular weight excluding hydrogens is 244 g/mol. The van der Waals surface area contributed by atoms with E-state index in [9.17, 15) is 5.11 Å². The van der Waals surface area contributed by atoms with Gasteiger partial charge in [0.05, 0.1) is 11.2 Å². The largest absolute Gasteiger partial charge is 0.388 e. The van der Waals surface area contributed by atoms with Crippen molar-refractivity contribution in [3.8, 4) is 11.5 Å². The standard InChI is InChI=1S/C13H16N4O2/c1-9-16-12(19-17-9)10-4-2-7-14-11(10)15-8-13(18)5-3-6-13/h2,4,7,18H,3,5-6,8H2,1H3,(H,14,15). The first-order valence-electron chi connectivity index (χ1n) is 6.38. The molecule has 2 aromatic heterocycles. The number of rotatable bonds is 4. The number of anilines is 1. The van der Waals surface area contributed by atoms with Crippen molar-refractivity contribution < 1.29 is 9.63 Å². The van der Waals surface area contributed by atoms with Gasteiger partial charge in [-0.05, 0) is 38.3 Å². The normalized spacial score (nSPS) is 16.9. The van der Waals surface area contributed by atoms with Gasteiger partial charge in [-0.25, -0.2) is 4.98 Å². The predicted octanol–water partition coefficient (Wildman–Crippen LogP) is 1.77. The van der Waals surface area contributed by atoms with Gasteiger partial charge in [-0.3, -0.25) is 0 Å². The van der Waals surface area contributed by atoms with E-state index >= 15 is 0 Å². The van der Waals surface area contributed by atoms with E-state index in [4.69, 9.17) is 4.52 Å². The van der Waals surface area contributed by atoms with Crippen LogP contribution < -0.4 is 5.32 Å². The van der Waals surface area contributed by atoms with Gasteiger partial charge in [0.25, 0.3) is 5.89 Å². The number of aryl methyl sites for hydroxylation is 1. The Bertz CT molecular complexity index is 578. The quantitative estimate of drug-likeness (QED) is 0.871. The van der Waals surface area contributed by atoms with Crippen LogP contribution in [0.1, 0.15) is 25.1 Å². The van der Waals surface area contributed by atoms with Crippen LogP contribution in [0.15, 0.2) is 22.9 Å². The fraction of sp³-hybridized carbons (Fsp3) is 0.462. The molecule has 0 aromatic carbocycles. The maximum absolute atomic E-state index is 10.1. The Kier molecular flexibility index (Phi) is 2.94. The molecule has 1 fully saturated rings. The lowest BCUT2D eigenvalue weighted by Gasteiger charge is -2.36. The molecular formula is C13H16N4O2. The molecule has 0 bridgehead atoms. The highest BCUT2D eigenvalue weighted by molar-refractivity contribution is 5.68. The molecule has 100 valence electrons. The summed E-state index contributed by atoms with van der Waals surface area (Å²) in [5.41, 5.74) is 0.158. The Morgan fingerprint density at radius 1 is 1.47 bits per heavy atom. The molecule has 0 spiro atoms. The number of aliphatic hydroxyl groups is 1. The van der Waals surface area contributed by atoms with Crippen LogP contribution in [0.4, 0.5) is 5.82 Å². The molecule has 1 aliphatic carbocycles. The summed E-state index contributed by atoms with van der Waals surface area (Å²) in [7, 11) is 0. The molecule has 0 unspecified atom stereocenters. The molecule has 0 radical (unpaired) electrons. The Morgan fingerprint density at radius 3 is 2.95 bits per heavy atom. The second kappa shape index (κ2) is 4.62. The third-order valence-corrected chi connectivity index (χ3v) is 3.43. The zero-order chi connectivity index (χ0) is 13.3. The van der Waals surface area contributed by atoms with E-state index in [2.05, 4.69) is 20.4 Å². The van der Waals surface area contributed by atoms with Gasteiger partial charge in [0.15, 0.2) is 5.82 Å². The summed E-state index contributed by atoms with van der Waals surface area (Å²) < 4.78 is 5.16. The van der Waals surface area contributed by atoms with Gasteiger partial charge >= 0.3 is 0 Å². The monoisotopic (exact) mass is 260 g/mol. The van der Waals surface area contributed by atoms with E-state index in [-0.39, 0.29) is 0 Å². The minimum Gasteiger partial charge on any atom is -0.388 e. The van der Waals surface area contributed by atoms with E-state index in [1.807, 2.05) is 12.1 Å². The molecule has 6 heteroatoms. The van der Waals surface area contributed by atoms with E-state index in [1.54, 1.807) is 13.1 Å². The second-order valence-corrected chi connectivity index (χ2v) is 4.98. The Morgan fingerprint density at radius 2 is 2.32 bits per heavy atom. The van der Waals surface area contributed by atoms with E-state index < -0.39 is 5.60 Å². The molecule has 0 aliphatic heterocycles. The van der Waals surface area contributed by atoms with Crippen molar-refractivity contribution in [1.82, 2.24) is 15.1 Å². The van der Waals surface area contributed by atoms with Gasteiger partial charge in [0.2, 0.25) is 0 Å². The van der Waals surface area contributed by atoms with Crippen LogP contribution in [0, 0.1) is 6.92 Å². The third-order valence-electron chi connectivity index (χ3n) is 3.43. The number of nitrogens with zero attached hydrogens (tertiary/aromatic N) is 3. The summed E-state index contributed by atoms with van der Waals surface area (Å²) in [4.78, 5) is 8.48. The molecule has 1 saturated carbocycles. The van der Waals surface area contributed by atoms with Gasteiger partial charge < -0.3 is 14.9 Å². The number of hydrogen-bond donors (Lipinski definition) is 2. The fourth-order valence-corrected chi connectivity index (χ4v) is 2.14. The average molecular weight is 260 g/mol. The summed E-state index contributed by atoms with van der Waals surface area (Å²) in [5.74, 6) is 1.68. The van der Waals surface area contributed by atoms with Crippen molar-refractivity contribution in [2.24, 2.45) is 0 Å². The van der Waals surface area contributed by atoms with Crippen LogP contribution in [-0.4, -0.2) is 32.4 Å². The smallest absolute Gasteiger partial charge is 0.261 e. The minimum absolute atomic E-state index is 0.439. The molecule has 0 saturated heterocycles. The second-order valence-electron chi connectivity index (χ2n) is 4.98. The lowest BCUT2D eigenvalue weighted by atomic mass is 9.80. The topological polar surface area (TPSA) is 84.1 Å². The highest BCUT2D eigenvalue weighted by Gasteiger charge is 2.34. The van der Waals surface area contributed by atoms with Crippen LogP contribution >= 0.6 is 0 Å². The van der Waals surface area contributed by atoms with E-state index in [0.717, 1.165) is 24.8 Å². The van der Waals surface area contributed by atoms with Crippen molar-refractivity contribution >= 4 is 5.82 Å². The number of nitrogens with one attached hydrogen (secondary N) is 1. The summed E-state index contributed by atoms with van der Waals surface area (Å²) in [6.45, 7) is 2.26. The van der Waals surface area contributed by atoms with E-state index in [0.29, 0.717) is 24.1 Å². The first-order chi connectivity index (χ1) is 9.16. The average Bonchev–Trinajstić information content (AvgIpc) is 2.81. The van der Waals surface area contributed by atoms with Gasteiger partial charge in [-0.1, -0.05) is 5.16 Å². The number of pyridine rings is 1. The van der Waals surface area contributed by atoms with Crippen LogP contribution in [0.5, 0.6) is 0 Å². The summed E-state index contributed by atoms with van der Waals surface area (Å²) >= 11 is 0. The Hall–Kier alpha value is -1.95. The molecule has 1 aliphatic rings. The zero-order valence-corrected chi connectivity index (χ0v) is 10.8. The summed E-state index contributed by atoms with van der Waals surface area (Å²) in [6.07, 6.45) is 4.44. The predicted molar refractivity (Wildman–Crippen MR) is 69.6 cm³/mol. The maximum Gasteiger partial charge on any atom is 0.261 e. The SMILES string of the molecule is Cc1noc(-c2cccnc2NCC2(O)CCC2)n1. The third kappa shape index (κ3) is 2.44. The molecule has 2 aromatic rings. The zero-order valence-electron chi connectivity index (χ0n) is 10.8. The van der Waals surface area contributed by atoms with Crippen molar-refractivity contribution in [3.63, 3.8) is 0 Å². The Balaban J connectivity index is 1.81. The van der Waals surface area contributed by atoms with Gasteiger partial charge in [0, 0.05) is 12.7 Å². The van der Waals surface area contributed by atoms with Gasteiger partial charge in [-0.15, -0.1) is 0 Å². The number of aromatic nitrogens is 3. The first-order valence-corrected chi connectivity index (χ1v) is 6.38. The summed E-state index contributed by atoms with van der Waals surface area (Å²) in [5, 5.41) is 17.0. The first kappa shape index (κ1) is 12.1. The molecule has 2 N–H and O–H groups in total. The lowest BCUT2D eigenvalue weighted by molar-refractivity contribution is -0.0202. The lowest BCUT2D eigenvalue weighted by Crippen LogP contribution is -2.43. The molecule has 2 heterocycles. The van der Waals surface area contributed by atoms with Crippen molar-refractivity contribution in [2.45, 2.75) is 31.8 Å². The van der Waals surface area contributed by atoms with Crippen molar-refractivity contribution in [1.29, 1.82) is 0 Å². The minimum atomic E-state index is -0.598. The maximum atomic E-state index is 10.1. The number of hydrogen-bond acceptors (Lipinski definition) is 6. The molecule has 19 heavy (non-hydrogen) atoms. The van der Waals surface area contributed by atoms with Crippen LogP contribution in [-0.2, 0) is 0 Å². The molecule has 6 nitrogen and oxygen atoms in total. The molecule has 0 amide bonds. The van der Waals surface area contributed by atoms with Gasteiger partial charge in [-0.2, -0.15) is 4.98 Å². The van der Waals surface area contributed by atoms with Crippen LogP contribution in [0.25, 0.3) is 11.5 Å². The van der Waals surface area contributed by atoms with Crippen LogP contribution in [0.2, 0.25) is 0 Å². The highest BCUT2D eigenvalue weighted by Crippen LogP contribution is 2.32. The van der Waals surface area contributed by atoms with Crippen LogP contribution in [0.3, 0.4) is 0 Å². The van der Waals surface area contributed by atoms with Gasteiger partial charge in [0.1, 0.15) is 5.82 Å². The molecule has 0 atom stereocenters.